The van der Waals surface area contributed by atoms with Crippen LogP contribution in [0.3, 0.4) is 0 Å². The van der Waals surface area contributed by atoms with Crippen LogP contribution in [0.5, 0.6) is 0 Å². The molecule has 3 aromatic carbocycles. The average Bonchev–Trinajstić information content (AvgIpc) is 3.57. The van der Waals surface area contributed by atoms with Gasteiger partial charge < -0.3 is 15.2 Å². The van der Waals surface area contributed by atoms with E-state index in [2.05, 4.69) is 34.9 Å². The fourth-order valence-corrected chi connectivity index (χ4v) is 4.78. The van der Waals surface area contributed by atoms with Crippen LogP contribution >= 0.6 is 0 Å². The molecule has 2 aliphatic rings. The second kappa shape index (κ2) is 9.62. The van der Waals surface area contributed by atoms with Crippen molar-refractivity contribution in [3.8, 4) is 11.1 Å². The molecule has 0 aliphatic heterocycles. The summed E-state index contributed by atoms with van der Waals surface area (Å²) in [5.74, 6) is -1.34. The molecule has 2 unspecified atom stereocenters. The Kier molecular flexibility index (Phi) is 6.23. The van der Waals surface area contributed by atoms with Gasteiger partial charge in [0.15, 0.2) is 0 Å². The largest absolute Gasteiger partial charge is 0.481 e. The topological polar surface area (TPSA) is 105 Å². The first-order valence-corrected chi connectivity index (χ1v) is 11.7. The molecule has 2 atom stereocenters. The molecule has 2 amide bonds. The van der Waals surface area contributed by atoms with Crippen molar-refractivity contribution in [2.45, 2.75) is 18.8 Å². The Morgan fingerprint density at radius 2 is 1.60 bits per heavy atom. The smallest absolute Gasteiger partial charge is 0.411 e. The minimum atomic E-state index is -0.809. The molecule has 0 heterocycles. The van der Waals surface area contributed by atoms with E-state index < -0.39 is 12.1 Å². The maximum atomic E-state index is 12.5. The van der Waals surface area contributed by atoms with E-state index in [0.717, 1.165) is 16.7 Å². The lowest BCUT2D eigenvalue weighted by Gasteiger charge is -2.15. The van der Waals surface area contributed by atoms with Gasteiger partial charge in [-0.25, -0.2) is 4.79 Å². The highest BCUT2D eigenvalue weighted by molar-refractivity contribution is 5.86. The molecular weight excluding hydrogens is 444 g/mol. The molecule has 35 heavy (non-hydrogen) atoms. The van der Waals surface area contributed by atoms with E-state index in [0.29, 0.717) is 18.7 Å². The van der Waals surface area contributed by atoms with Gasteiger partial charge in [0, 0.05) is 18.2 Å². The number of hydrogen-bond acceptors (Lipinski definition) is 4. The van der Waals surface area contributed by atoms with Gasteiger partial charge in [-0.05, 0) is 52.3 Å². The Balaban J connectivity index is 1.14. The maximum absolute atomic E-state index is 12.5. The summed E-state index contributed by atoms with van der Waals surface area (Å²) in [5, 5.41) is 14.5. The van der Waals surface area contributed by atoms with Crippen LogP contribution in [0.25, 0.3) is 11.1 Å². The molecule has 7 nitrogen and oxygen atoms in total. The van der Waals surface area contributed by atoms with Gasteiger partial charge >= 0.3 is 12.1 Å². The van der Waals surface area contributed by atoms with Crippen LogP contribution in [-0.4, -0.2) is 36.2 Å². The first-order chi connectivity index (χ1) is 17.0. The second-order valence-corrected chi connectivity index (χ2v) is 9.07. The number of carbonyl (C=O) groups excluding carboxylic acids is 2. The summed E-state index contributed by atoms with van der Waals surface area (Å²) in [5.41, 5.74) is 5.92. The molecule has 7 heteroatoms. The number of ether oxygens (including phenoxy) is 1. The Morgan fingerprint density at radius 3 is 2.26 bits per heavy atom. The monoisotopic (exact) mass is 470 g/mol. The SMILES string of the molecule is O=C(Cc1cccc(NC(=O)OCC2c3ccccc3-c3ccccc32)c1)NCC1CC1C(=O)O. The fraction of sp³-hybridized carbons (Fsp3) is 0.250. The lowest BCUT2D eigenvalue weighted by Crippen LogP contribution is -2.28. The van der Waals surface area contributed by atoms with Crippen molar-refractivity contribution in [1.29, 1.82) is 0 Å². The summed E-state index contributed by atoms with van der Waals surface area (Å²) in [6.07, 6.45) is 0.196. The van der Waals surface area contributed by atoms with Crippen molar-refractivity contribution < 1.29 is 24.2 Å². The zero-order valence-electron chi connectivity index (χ0n) is 19.1. The van der Waals surface area contributed by atoms with E-state index in [9.17, 15) is 14.4 Å². The number of benzene rings is 3. The van der Waals surface area contributed by atoms with Gasteiger partial charge in [0.25, 0.3) is 0 Å². The molecule has 0 radical (unpaired) electrons. The van der Waals surface area contributed by atoms with Crippen LogP contribution in [0.15, 0.2) is 72.8 Å². The number of carboxylic acid groups (broad SMARTS) is 1. The number of fused-ring (bicyclic) bond motifs is 3. The predicted molar refractivity (Wildman–Crippen MR) is 131 cm³/mol. The predicted octanol–water partition coefficient (Wildman–Crippen LogP) is 4.43. The minimum absolute atomic E-state index is 0.0121. The third-order valence-electron chi connectivity index (χ3n) is 6.68. The lowest BCUT2D eigenvalue weighted by molar-refractivity contribution is -0.139. The zero-order valence-corrected chi connectivity index (χ0v) is 19.1. The first kappa shape index (κ1) is 22.7. The van der Waals surface area contributed by atoms with Crippen molar-refractivity contribution in [2.75, 3.05) is 18.5 Å². The summed E-state index contributed by atoms with van der Waals surface area (Å²) in [7, 11) is 0. The van der Waals surface area contributed by atoms with Gasteiger partial charge in [-0.15, -0.1) is 0 Å². The standard InChI is InChI=1S/C28H26N2O5/c31-26(29-15-18-14-24(18)27(32)33)13-17-6-5-7-19(12-17)30-28(34)35-16-25-22-10-3-1-8-20(22)21-9-2-4-11-23(21)25/h1-12,18,24-25H,13-16H2,(H,29,31)(H,30,34)(H,32,33). The Morgan fingerprint density at radius 1 is 0.914 bits per heavy atom. The summed E-state index contributed by atoms with van der Waals surface area (Å²) >= 11 is 0. The molecule has 1 fully saturated rings. The van der Waals surface area contributed by atoms with Crippen molar-refractivity contribution in [3.63, 3.8) is 0 Å². The maximum Gasteiger partial charge on any atom is 0.411 e. The quantitative estimate of drug-likeness (QED) is 0.452. The number of carboxylic acids is 1. The third kappa shape index (κ3) is 5.04. The number of carbonyl (C=O) groups is 3. The number of nitrogens with one attached hydrogen (secondary N) is 2. The van der Waals surface area contributed by atoms with E-state index in [1.807, 2.05) is 24.3 Å². The molecule has 0 aromatic heterocycles. The van der Waals surface area contributed by atoms with Gasteiger partial charge in [-0.2, -0.15) is 0 Å². The summed E-state index contributed by atoms with van der Waals surface area (Å²) in [4.78, 5) is 35.7. The summed E-state index contributed by atoms with van der Waals surface area (Å²) in [6.45, 7) is 0.591. The number of aliphatic carboxylic acids is 1. The molecule has 178 valence electrons. The van der Waals surface area contributed by atoms with E-state index in [4.69, 9.17) is 9.84 Å². The zero-order chi connectivity index (χ0) is 24.4. The highest BCUT2D eigenvalue weighted by atomic mass is 16.5. The van der Waals surface area contributed by atoms with Crippen LogP contribution in [0.4, 0.5) is 10.5 Å². The van der Waals surface area contributed by atoms with Crippen molar-refractivity contribution in [2.24, 2.45) is 11.8 Å². The lowest BCUT2D eigenvalue weighted by atomic mass is 9.98. The third-order valence-corrected chi connectivity index (χ3v) is 6.68. The van der Waals surface area contributed by atoms with Crippen molar-refractivity contribution in [3.05, 3.63) is 89.5 Å². The molecule has 0 spiro atoms. The van der Waals surface area contributed by atoms with Crippen LogP contribution in [0, 0.1) is 11.8 Å². The van der Waals surface area contributed by atoms with Crippen LogP contribution < -0.4 is 10.6 Å². The molecule has 1 saturated carbocycles. The van der Waals surface area contributed by atoms with E-state index in [1.165, 1.54) is 11.1 Å². The number of anilines is 1. The van der Waals surface area contributed by atoms with Crippen molar-refractivity contribution in [1.82, 2.24) is 5.32 Å². The highest BCUT2D eigenvalue weighted by Crippen LogP contribution is 2.44. The second-order valence-electron chi connectivity index (χ2n) is 9.07. The van der Waals surface area contributed by atoms with Crippen LogP contribution in [0.2, 0.25) is 0 Å². The Bertz CT molecular complexity index is 1240. The van der Waals surface area contributed by atoms with Gasteiger partial charge in [-0.3, -0.25) is 14.9 Å². The Labute approximate surface area is 203 Å². The normalized spacial score (nSPS) is 17.7. The molecular formula is C28H26N2O5. The molecule has 0 bridgehead atoms. The van der Waals surface area contributed by atoms with Crippen LogP contribution in [-0.2, 0) is 20.7 Å². The number of hydrogen-bond donors (Lipinski definition) is 3. The average molecular weight is 471 g/mol. The molecule has 0 saturated heterocycles. The van der Waals surface area contributed by atoms with Gasteiger partial charge in [0.2, 0.25) is 5.91 Å². The highest BCUT2D eigenvalue weighted by Gasteiger charge is 2.42. The summed E-state index contributed by atoms with van der Waals surface area (Å²) in [6, 6.07) is 23.4. The van der Waals surface area contributed by atoms with Gasteiger partial charge in [0.1, 0.15) is 6.61 Å². The number of rotatable bonds is 8. The van der Waals surface area contributed by atoms with Gasteiger partial charge in [-0.1, -0.05) is 60.7 Å². The minimum Gasteiger partial charge on any atom is -0.481 e. The Hall–Kier alpha value is -4.13. The van der Waals surface area contributed by atoms with E-state index in [1.54, 1.807) is 24.3 Å². The van der Waals surface area contributed by atoms with Crippen molar-refractivity contribution >= 4 is 23.7 Å². The number of amides is 2. The van der Waals surface area contributed by atoms with Crippen LogP contribution in [0.1, 0.15) is 29.0 Å². The first-order valence-electron chi connectivity index (χ1n) is 11.7. The van der Waals surface area contributed by atoms with Gasteiger partial charge in [0.05, 0.1) is 12.3 Å². The van der Waals surface area contributed by atoms with E-state index >= 15 is 0 Å². The molecule has 3 N–H and O–H groups in total. The van der Waals surface area contributed by atoms with E-state index in [-0.39, 0.29) is 36.7 Å². The molecule has 3 aromatic rings. The fourth-order valence-electron chi connectivity index (χ4n) is 4.78. The summed E-state index contributed by atoms with van der Waals surface area (Å²) < 4.78 is 5.59. The molecule has 2 aliphatic carbocycles. The molecule has 5 rings (SSSR count).